The summed E-state index contributed by atoms with van der Waals surface area (Å²) in [5.74, 6) is -0.634. The van der Waals surface area contributed by atoms with E-state index in [-0.39, 0.29) is 11.8 Å². The van der Waals surface area contributed by atoms with Crippen LogP contribution in [0.15, 0.2) is 42.5 Å². The van der Waals surface area contributed by atoms with Gasteiger partial charge in [-0.3, -0.25) is 4.79 Å². The summed E-state index contributed by atoms with van der Waals surface area (Å²) in [5, 5.41) is 2.77. The number of carbonyl (C=O) groups excluding carboxylic acids is 2. The lowest BCUT2D eigenvalue weighted by molar-refractivity contribution is -0.145. The maximum absolute atomic E-state index is 12.1. The first-order chi connectivity index (χ1) is 9.22. The van der Waals surface area contributed by atoms with Crippen LogP contribution in [0.1, 0.15) is 24.4 Å². The molecule has 0 radical (unpaired) electrons. The number of hydrogen-bond donors (Lipinski definition) is 1. The van der Waals surface area contributed by atoms with Crippen molar-refractivity contribution >= 4 is 11.9 Å². The molecule has 1 amide bonds. The first kappa shape index (κ1) is 13.3. The molecule has 1 aliphatic carbocycles. The van der Waals surface area contributed by atoms with Crippen LogP contribution in [0.4, 0.5) is 0 Å². The third kappa shape index (κ3) is 3.22. The number of esters is 1. The van der Waals surface area contributed by atoms with E-state index in [1.165, 1.54) is 7.11 Å². The predicted octanol–water partition coefficient (Wildman–Crippen LogP) is 1.98. The fourth-order valence-corrected chi connectivity index (χ4v) is 2.13. The summed E-state index contributed by atoms with van der Waals surface area (Å²) >= 11 is 0. The second-order valence-corrected chi connectivity index (χ2v) is 4.52. The molecule has 4 nitrogen and oxygen atoms in total. The number of ether oxygens (including phenoxy) is 1. The molecule has 1 unspecified atom stereocenters. The van der Waals surface area contributed by atoms with Gasteiger partial charge in [-0.25, -0.2) is 4.79 Å². The second kappa shape index (κ2) is 6.18. The third-order valence-electron chi connectivity index (χ3n) is 3.24. The van der Waals surface area contributed by atoms with Gasteiger partial charge in [0, 0.05) is 5.92 Å². The van der Waals surface area contributed by atoms with Crippen LogP contribution in [0, 0.1) is 5.92 Å². The Morgan fingerprint density at radius 1 is 1.21 bits per heavy atom. The van der Waals surface area contributed by atoms with Gasteiger partial charge in [-0.2, -0.15) is 0 Å². The minimum Gasteiger partial charge on any atom is -0.467 e. The molecule has 4 heteroatoms. The van der Waals surface area contributed by atoms with Crippen LogP contribution >= 0.6 is 0 Å². The summed E-state index contributed by atoms with van der Waals surface area (Å²) < 4.78 is 4.76. The van der Waals surface area contributed by atoms with Gasteiger partial charge in [-0.05, 0) is 18.4 Å². The van der Waals surface area contributed by atoms with Crippen molar-refractivity contribution in [3.05, 3.63) is 48.0 Å². The van der Waals surface area contributed by atoms with E-state index >= 15 is 0 Å². The largest absolute Gasteiger partial charge is 0.467 e. The van der Waals surface area contributed by atoms with Gasteiger partial charge in [0.25, 0.3) is 0 Å². The summed E-state index contributed by atoms with van der Waals surface area (Å²) in [6.45, 7) is 0. The van der Waals surface area contributed by atoms with Gasteiger partial charge in [0.15, 0.2) is 6.04 Å². The topological polar surface area (TPSA) is 55.4 Å². The lowest BCUT2D eigenvalue weighted by Gasteiger charge is -2.19. The average Bonchev–Trinajstić information content (AvgIpc) is 2.99. The Morgan fingerprint density at radius 2 is 1.84 bits per heavy atom. The summed E-state index contributed by atoms with van der Waals surface area (Å²) in [7, 11) is 1.32. The molecule has 19 heavy (non-hydrogen) atoms. The molecule has 0 saturated heterocycles. The van der Waals surface area contributed by atoms with Gasteiger partial charge < -0.3 is 10.1 Å². The fourth-order valence-electron chi connectivity index (χ4n) is 2.13. The maximum atomic E-state index is 12.1. The standard InChI is InChI=1S/C15H17NO3/c1-19-15(18)13(11-7-3-2-4-8-11)16-14(17)12-9-5-6-10-12/h2-8,12-13H,9-10H2,1H3,(H,16,17). The lowest BCUT2D eigenvalue weighted by Crippen LogP contribution is -2.37. The van der Waals surface area contributed by atoms with Gasteiger partial charge in [-0.1, -0.05) is 42.5 Å². The molecule has 0 aliphatic heterocycles. The van der Waals surface area contributed by atoms with Gasteiger partial charge in [0.2, 0.25) is 5.91 Å². The highest BCUT2D eigenvalue weighted by atomic mass is 16.5. The van der Waals surface area contributed by atoms with E-state index in [1.807, 2.05) is 30.4 Å². The highest BCUT2D eigenvalue weighted by Gasteiger charge is 2.27. The Bertz CT molecular complexity index is 473. The number of hydrogen-bond acceptors (Lipinski definition) is 3. The van der Waals surface area contributed by atoms with Gasteiger partial charge in [0.1, 0.15) is 0 Å². The zero-order valence-electron chi connectivity index (χ0n) is 10.8. The van der Waals surface area contributed by atoms with Crippen LogP contribution in [0.2, 0.25) is 0 Å². The second-order valence-electron chi connectivity index (χ2n) is 4.52. The number of carbonyl (C=O) groups is 2. The van der Waals surface area contributed by atoms with Gasteiger partial charge >= 0.3 is 5.97 Å². The van der Waals surface area contributed by atoms with Crippen molar-refractivity contribution in [1.29, 1.82) is 0 Å². The Hall–Kier alpha value is -2.10. The normalized spacial score (nSPS) is 16.1. The number of benzene rings is 1. The first-order valence-corrected chi connectivity index (χ1v) is 6.30. The number of nitrogens with one attached hydrogen (secondary N) is 1. The Morgan fingerprint density at radius 3 is 2.42 bits per heavy atom. The van der Waals surface area contributed by atoms with Crippen molar-refractivity contribution in [2.45, 2.75) is 18.9 Å². The molecule has 0 bridgehead atoms. The molecule has 1 aromatic rings. The number of methoxy groups -OCH3 is 1. The van der Waals surface area contributed by atoms with Gasteiger partial charge in [0.05, 0.1) is 7.11 Å². The van der Waals surface area contributed by atoms with E-state index in [0.717, 1.165) is 18.4 Å². The summed E-state index contributed by atoms with van der Waals surface area (Å²) in [4.78, 5) is 23.9. The van der Waals surface area contributed by atoms with Crippen molar-refractivity contribution in [2.24, 2.45) is 5.92 Å². The van der Waals surface area contributed by atoms with Crippen molar-refractivity contribution in [2.75, 3.05) is 7.11 Å². The number of allylic oxidation sites excluding steroid dienone is 2. The fraction of sp³-hybridized carbons (Fsp3) is 0.333. The molecule has 1 atom stereocenters. The van der Waals surface area contributed by atoms with E-state index < -0.39 is 12.0 Å². The van der Waals surface area contributed by atoms with E-state index in [9.17, 15) is 9.59 Å². The molecule has 0 saturated carbocycles. The molecular formula is C15H17NO3. The van der Waals surface area contributed by atoms with Crippen LogP contribution in [-0.2, 0) is 14.3 Å². The molecule has 0 aromatic heterocycles. The monoisotopic (exact) mass is 259 g/mol. The zero-order valence-corrected chi connectivity index (χ0v) is 10.8. The van der Waals surface area contributed by atoms with Crippen LogP contribution in [0.3, 0.4) is 0 Å². The lowest BCUT2D eigenvalue weighted by atomic mass is 10.0. The number of amides is 1. The molecule has 1 N–H and O–H groups in total. The van der Waals surface area contributed by atoms with E-state index in [2.05, 4.69) is 5.32 Å². The predicted molar refractivity (Wildman–Crippen MR) is 71.2 cm³/mol. The molecule has 100 valence electrons. The third-order valence-corrected chi connectivity index (χ3v) is 3.24. The molecule has 0 fully saturated rings. The van der Waals surface area contributed by atoms with Crippen LogP contribution in [0.25, 0.3) is 0 Å². The first-order valence-electron chi connectivity index (χ1n) is 6.30. The van der Waals surface area contributed by atoms with Crippen LogP contribution < -0.4 is 5.32 Å². The van der Waals surface area contributed by atoms with E-state index in [4.69, 9.17) is 4.74 Å². The summed E-state index contributed by atoms with van der Waals surface area (Å²) in [5.41, 5.74) is 0.730. The van der Waals surface area contributed by atoms with E-state index in [1.54, 1.807) is 12.1 Å². The van der Waals surface area contributed by atoms with Crippen molar-refractivity contribution < 1.29 is 14.3 Å². The SMILES string of the molecule is COC(=O)C(NC(=O)C1CC=CC1)c1ccccc1. The Kier molecular flexibility index (Phi) is 4.34. The molecule has 2 rings (SSSR count). The van der Waals surface area contributed by atoms with E-state index in [0.29, 0.717) is 0 Å². The van der Waals surface area contributed by atoms with Crippen molar-refractivity contribution in [3.8, 4) is 0 Å². The van der Waals surface area contributed by atoms with Crippen LogP contribution in [0.5, 0.6) is 0 Å². The summed E-state index contributed by atoms with van der Waals surface area (Å²) in [6, 6.07) is 8.38. The summed E-state index contributed by atoms with van der Waals surface area (Å²) in [6.07, 6.45) is 5.43. The van der Waals surface area contributed by atoms with Crippen LogP contribution in [-0.4, -0.2) is 19.0 Å². The highest BCUT2D eigenvalue weighted by molar-refractivity contribution is 5.87. The maximum Gasteiger partial charge on any atom is 0.333 e. The molecular weight excluding hydrogens is 242 g/mol. The molecule has 1 aliphatic rings. The minimum absolute atomic E-state index is 0.0733. The number of rotatable bonds is 4. The smallest absolute Gasteiger partial charge is 0.333 e. The quantitative estimate of drug-likeness (QED) is 0.664. The Labute approximate surface area is 112 Å². The molecule has 0 spiro atoms. The van der Waals surface area contributed by atoms with Crippen molar-refractivity contribution in [3.63, 3.8) is 0 Å². The average molecular weight is 259 g/mol. The molecule has 0 heterocycles. The Balaban J connectivity index is 2.10. The highest BCUT2D eigenvalue weighted by Crippen LogP contribution is 2.20. The van der Waals surface area contributed by atoms with Crippen molar-refractivity contribution in [1.82, 2.24) is 5.32 Å². The minimum atomic E-state index is -0.737. The zero-order chi connectivity index (χ0) is 13.7. The molecule has 1 aromatic carbocycles. The van der Waals surface area contributed by atoms with Gasteiger partial charge in [-0.15, -0.1) is 0 Å².